The van der Waals surface area contributed by atoms with Crippen LogP contribution in [-0.4, -0.2) is 45.6 Å². The van der Waals surface area contributed by atoms with Crippen LogP contribution >= 0.6 is 0 Å². The molecule has 2 N–H and O–H groups in total. The lowest BCUT2D eigenvalue weighted by Crippen LogP contribution is -2.39. The highest BCUT2D eigenvalue weighted by Crippen LogP contribution is 2.22. The van der Waals surface area contributed by atoms with Gasteiger partial charge in [0.1, 0.15) is 23.2 Å². The zero-order valence-electron chi connectivity index (χ0n) is 17.4. The quantitative estimate of drug-likeness (QED) is 0.778. The number of nitrogens with one attached hydrogen (secondary N) is 1. The van der Waals surface area contributed by atoms with E-state index in [0.29, 0.717) is 38.1 Å². The Hall–Kier alpha value is -2.94. The summed E-state index contributed by atoms with van der Waals surface area (Å²) in [5.74, 6) is -1.74. The highest BCUT2D eigenvalue weighted by molar-refractivity contribution is 5.94. The van der Waals surface area contributed by atoms with E-state index in [9.17, 15) is 23.5 Å². The molecule has 9 heteroatoms. The summed E-state index contributed by atoms with van der Waals surface area (Å²) in [6, 6.07) is 4.07. The molecule has 7 nitrogen and oxygen atoms in total. The molecule has 1 aromatic heterocycles. The van der Waals surface area contributed by atoms with E-state index in [1.165, 1.54) is 17.2 Å². The predicted octanol–water partition coefficient (Wildman–Crippen LogP) is 2.91. The third-order valence-electron chi connectivity index (χ3n) is 5.24. The molecule has 3 rings (SSSR count). The van der Waals surface area contributed by atoms with Crippen LogP contribution in [0.25, 0.3) is 0 Å². The zero-order valence-corrected chi connectivity index (χ0v) is 17.4. The third kappa shape index (κ3) is 6.52. The van der Waals surface area contributed by atoms with Gasteiger partial charge in [0.25, 0.3) is 5.91 Å². The first-order chi connectivity index (χ1) is 14.8. The van der Waals surface area contributed by atoms with Crippen molar-refractivity contribution >= 4 is 17.5 Å². The normalized spacial score (nSPS) is 20.8. The number of carbonyl (C=O) groups excluding carboxylic acids is 2. The lowest BCUT2D eigenvalue weighted by molar-refractivity contribution is -0.118. The monoisotopic (exact) mass is 432 g/mol. The standard InChI is InChI=1S/C22H26F2N4O3/c1-14-25-8-7-20(26-14)22(31)27-17-5-6-21(30)28(9-3-2-4-19(29)13-17)18-11-15(23)10-16(24)12-18/h7-8,10-12,17,19,29H,2-6,9,13H2,1H3,(H,27,31). The molecule has 0 aliphatic carbocycles. The highest BCUT2D eigenvalue weighted by atomic mass is 19.1. The maximum absolute atomic E-state index is 13.7. The number of hydrogen-bond acceptors (Lipinski definition) is 5. The topological polar surface area (TPSA) is 95.4 Å². The minimum atomic E-state index is -0.752. The first kappa shape index (κ1) is 22.7. The molecule has 0 radical (unpaired) electrons. The number of aryl methyl sites for hydroxylation is 1. The molecule has 1 aromatic carbocycles. The number of benzene rings is 1. The number of nitrogens with zero attached hydrogens (tertiary/aromatic N) is 3. The highest BCUT2D eigenvalue weighted by Gasteiger charge is 2.24. The molecule has 0 saturated carbocycles. The largest absolute Gasteiger partial charge is 0.393 e. The van der Waals surface area contributed by atoms with Crippen LogP contribution in [-0.2, 0) is 4.79 Å². The van der Waals surface area contributed by atoms with Gasteiger partial charge in [-0.1, -0.05) is 0 Å². The van der Waals surface area contributed by atoms with Gasteiger partial charge in [-0.15, -0.1) is 0 Å². The summed E-state index contributed by atoms with van der Waals surface area (Å²) in [5, 5.41) is 13.2. The van der Waals surface area contributed by atoms with Gasteiger partial charge in [-0.05, 0) is 57.2 Å². The van der Waals surface area contributed by atoms with E-state index in [1.807, 2.05) is 0 Å². The molecule has 0 bridgehead atoms. The smallest absolute Gasteiger partial charge is 0.270 e. The molecule has 1 aliphatic rings. The Balaban J connectivity index is 1.75. The number of halogens is 2. The van der Waals surface area contributed by atoms with E-state index in [2.05, 4.69) is 15.3 Å². The summed E-state index contributed by atoms with van der Waals surface area (Å²) >= 11 is 0. The number of carbonyl (C=O) groups is 2. The summed E-state index contributed by atoms with van der Waals surface area (Å²) in [4.78, 5) is 34.9. The summed E-state index contributed by atoms with van der Waals surface area (Å²) in [6.45, 7) is 1.97. The van der Waals surface area contributed by atoms with Crippen molar-refractivity contribution in [1.82, 2.24) is 15.3 Å². The van der Waals surface area contributed by atoms with Gasteiger partial charge in [0.05, 0.1) is 6.10 Å². The average Bonchev–Trinajstić information content (AvgIpc) is 2.73. The van der Waals surface area contributed by atoms with Crippen molar-refractivity contribution in [1.29, 1.82) is 0 Å². The molecule has 2 atom stereocenters. The van der Waals surface area contributed by atoms with Crippen LogP contribution in [0.5, 0.6) is 0 Å². The molecular weight excluding hydrogens is 406 g/mol. The maximum Gasteiger partial charge on any atom is 0.270 e. The molecular formula is C22H26F2N4O3. The summed E-state index contributed by atoms with van der Waals surface area (Å²) in [7, 11) is 0. The van der Waals surface area contributed by atoms with Gasteiger partial charge in [0.15, 0.2) is 0 Å². The minimum absolute atomic E-state index is 0.0542. The molecule has 1 fully saturated rings. The molecule has 31 heavy (non-hydrogen) atoms. The van der Waals surface area contributed by atoms with Crippen LogP contribution < -0.4 is 10.2 Å². The summed E-state index contributed by atoms with van der Waals surface area (Å²) < 4.78 is 27.4. The fourth-order valence-corrected chi connectivity index (χ4v) is 3.71. The van der Waals surface area contributed by atoms with E-state index in [0.717, 1.165) is 18.2 Å². The van der Waals surface area contributed by atoms with Crippen molar-refractivity contribution in [3.05, 3.63) is 53.6 Å². The number of aliphatic hydroxyl groups is 1. The van der Waals surface area contributed by atoms with E-state index in [1.54, 1.807) is 6.92 Å². The third-order valence-corrected chi connectivity index (χ3v) is 5.24. The SMILES string of the molecule is Cc1nccc(C(=O)NC2CCC(=O)N(c3cc(F)cc(F)c3)CCCCC(O)C2)n1. The molecule has 2 amide bonds. The van der Waals surface area contributed by atoms with Crippen LogP contribution in [0.3, 0.4) is 0 Å². The fourth-order valence-electron chi connectivity index (χ4n) is 3.71. The number of hydrogen-bond donors (Lipinski definition) is 2. The molecule has 166 valence electrons. The fraction of sp³-hybridized carbons (Fsp3) is 0.455. The lowest BCUT2D eigenvalue weighted by Gasteiger charge is -2.24. The Morgan fingerprint density at radius 1 is 1.19 bits per heavy atom. The minimum Gasteiger partial charge on any atom is -0.393 e. The van der Waals surface area contributed by atoms with Crippen LogP contribution in [0.4, 0.5) is 14.5 Å². The van der Waals surface area contributed by atoms with Crippen molar-refractivity contribution in [2.45, 2.75) is 57.6 Å². The first-order valence-corrected chi connectivity index (χ1v) is 10.4. The van der Waals surface area contributed by atoms with E-state index in [-0.39, 0.29) is 30.1 Å². The second-order valence-electron chi connectivity index (χ2n) is 7.76. The van der Waals surface area contributed by atoms with Crippen molar-refractivity contribution in [2.24, 2.45) is 0 Å². The van der Waals surface area contributed by atoms with Crippen LogP contribution in [0.2, 0.25) is 0 Å². The van der Waals surface area contributed by atoms with E-state index < -0.39 is 29.7 Å². The molecule has 2 heterocycles. The van der Waals surface area contributed by atoms with E-state index in [4.69, 9.17) is 0 Å². The number of rotatable bonds is 3. The summed E-state index contributed by atoms with van der Waals surface area (Å²) in [6.07, 6.45) is 3.20. The second-order valence-corrected chi connectivity index (χ2v) is 7.76. The molecule has 0 spiro atoms. The first-order valence-electron chi connectivity index (χ1n) is 10.4. The van der Waals surface area contributed by atoms with Gasteiger partial charge < -0.3 is 15.3 Å². The lowest BCUT2D eigenvalue weighted by atomic mass is 10.0. The molecule has 1 saturated heterocycles. The Morgan fingerprint density at radius 3 is 2.65 bits per heavy atom. The number of anilines is 1. The number of aromatic nitrogens is 2. The number of aliphatic hydroxyl groups excluding tert-OH is 1. The second kappa shape index (κ2) is 10.4. The van der Waals surface area contributed by atoms with Crippen molar-refractivity contribution in [3.63, 3.8) is 0 Å². The van der Waals surface area contributed by atoms with Crippen LogP contribution in [0.1, 0.15) is 54.8 Å². The Bertz CT molecular complexity index is 920. The maximum atomic E-state index is 13.7. The van der Waals surface area contributed by atoms with Gasteiger partial charge in [-0.3, -0.25) is 9.59 Å². The Morgan fingerprint density at radius 2 is 1.94 bits per heavy atom. The van der Waals surface area contributed by atoms with Crippen LogP contribution in [0.15, 0.2) is 30.5 Å². The van der Waals surface area contributed by atoms with Gasteiger partial charge in [0.2, 0.25) is 5.91 Å². The van der Waals surface area contributed by atoms with Crippen molar-refractivity contribution in [2.75, 3.05) is 11.4 Å². The summed E-state index contributed by atoms with van der Waals surface area (Å²) in [5.41, 5.74) is 0.374. The van der Waals surface area contributed by atoms with Gasteiger partial charge >= 0.3 is 0 Å². The van der Waals surface area contributed by atoms with Gasteiger partial charge in [-0.25, -0.2) is 18.7 Å². The Kier molecular flexibility index (Phi) is 7.62. The predicted molar refractivity (Wildman–Crippen MR) is 110 cm³/mol. The number of amides is 2. The molecule has 2 unspecified atom stereocenters. The van der Waals surface area contributed by atoms with E-state index >= 15 is 0 Å². The van der Waals surface area contributed by atoms with Crippen LogP contribution in [0, 0.1) is 18.6 Å². The van der Waals surface area contributed by atoms with Crippen molar-refractivity contribution in [3.8, 4) is 0 Å². The zero-order chi connectivity index (χ0) is 22.4. The molecule has 2 aromatic rings. The van der Waals surface area contributed by atoms with Crippen molar-refractivity contribution < 1.29 is 23.5 Å². The Labute approximate surface area is 179 Å². The van der Waals surface area contributed by atoms with Gasteiger partial charge in [0, 0.05) is 37.0 Å². The average molecular weight is 432 g/mol. The van der Waals surface area contributed by atoms with Gasteiger partial charge in [-0.2, -0.15) is 0 Å². The molecule has 1 aliphatic heterocycles.